The minimum atomic E-state index is -0.410. The van der Waals surface area contributed by atoms with Crippen LogP contribution >= 0.6 is 11.8 Å². The average molecular weight is 312 g/mol. The van der Waals surface area contributed by atoms with E-state index in [4.69, 9.17) is 8.83 Å². The molecule has 3 rings (SSSR count). The molecule has 2 heterocycles. The smallest absolute Gasteiger partial charge is 0.307 e. The Morgan fingerprint density at radius 3 is 2.73 bits per heavy atom. The van der Waals surface area contributed by atoms with Crippen molar-refractivity contribution in [2.45, 2.75) is 9.99 Å². The van der Waals surface area contributed by atoms with Crippen LogP contribution in [-0.2, 0) is 0 Å². The molecular formula is C16H12N2O3S. The molecule has 6 heteroatoms. The summed E-state index contributed by atoms with van der Waals surface area (Å²) in [6, 6.07) is 16.8. The second-order valence-electron chi connectivity index (χ2n) is 4.25. The third-order valence-electron chi connectivity index (χ3n) is 2.67. The molecule has 0 saturated heterocycles. The van der Waals surface area contributed by atoms with Crippen LogP contribution in [0.3, 0.4) is 0 Å². The Morgan fingerprint density at radius 1 is 1.09 bits per heavy atom. The predicted octanol–water partition coefficient (Wildman–Crippen LogP) is 3.79. The third-order valence-corrected chi connectivity index (χ3v) is 3.60. The van der Waals surface area contributed by atoms with Crippen molar-refractivity contribution < 1.29 is 13.6 Å². The van der Waals surface area contributed by atoms with Gasteiger partial charge in [0.1, 0.15) is 5.76 Å². The van der Waals surface area contributed by atoms with Gasteiger partial charge in [-0.1, -0.05) is 30.0 Å². The molecule has 0 aliphatic heterocycles. The van der Waals surface area contributed by atoms with E-state index in [9.17, 15) is 4.79 Å². The molecule has 3 aromatic rings. The van der Waals surface area contributed by atoms with Crippen LogP contribution < -0.4 is 5.43 Å². The first-order chi connectivity index (χ1) is 10.8. The van der Waals surface area contributed by atoms with Crippen LogP contribution in [0.25, 0.3) is 0 Å². The normalized spacial score (nSPS) is 10.9. The van der Waals surface area contributed by atoms with E-state index in [1.807, 2.05) is 36.4 Å². The molecule has 0 fully saturated rings. The molecule has 0 saturated carbocycles. The Kier molecular flexibility index (Phi) is 4.41. The largest absolute Gasteiger partial charge is 0.459 e. The highest BCUT2D eigenvalue weighted by molar-refractivity contribution is 7.99. The van der Waals surface area contributed by atoms with Crippen LogP contribution in [-0.4, -0.2) is 12.1 Å². The number of furan rings is 2. The standard InChI is InChI=1S/C16H12N2O3S/c19-16(14-7-4-10-20-14)18-17-11-12-8-9-15(21-12)22-13-5-2-1-3-6-13/h1-11H,(H,18,19)/b17-11+. The fraction of sp³-hybridized carbons (Fsp3) is 0. The van der Waals surface area contributed by atoms with Crippen molar-refractivity contribution in [3.8, 4) is 0 Å². The third kappa shape index (κ3) is 3.67. The van der Waals surface area contributed by atoms with Gasteiger partial charge in [0.2, 0.25) is 0 Å². The molecule has 0 bridgehead atoms. The van der Waals surface area contributed by atoms with Gasteiger partial charge >= 0.3 is 5.91 Å². The van der Waals surface area contributed by atoms with E-state index in [2.05, 4.69) is 10.5 Å². The lowest BCUT2D eigenvalue weighted by atomic mass is 10.4. The highest BCUT2D eigenvalue weighted by Gasteiger charge is 2.06. The van der Waals surface area contributed by atoms with Gasteiger partial charge in [0.05, 0.1) is 12.5 Å². The lowest BCUT2D eigenvalue weighted by molar-refractivity contribution is 0.0927. The maximum absolute atomic E-state index is 11.6. The van der Waals surface area contributed by atoms with Gasteiger partial charge in [0.15, 0.2) is 10.9 Å². The van der Waals surface area contributed by atoms with Crippen molar-refractivity contribution in [2.24, 2.45) is 5.10 Å². The van der Waals surface area contributed by atoms with Crippen molar-refractivity contribution in [2.75, 3.05) is 0 Å². The van der Waals surface area contributed by atoms with E-state index in [0.717, 1.165) is 9.99 Å². The summed E-state index contributed by atoms with van der Waals surface area (Å²) in [6.45, 7) is 0. The van der Waals surface area contributed by atoms with Gasteiger partial charge in [-0.15, -0.1) is 0 Å². The Bertz CT molecular complexity index is 764. The number of amides is 1. The number of benzene rings is 1. The molecule has 0 atom stereocenters. The zero-order valence-electron chi connectivity index (χ0n) is 11.4. The molecule has 110 valence electrons. The lowest BCUT2D eigenvalue weighted by Gasteiger charge is -1.96. The van der Waals surface area contributed by atoms with Gasteiger partial charge < -0.3 is 8.83 Å². The van der Waals surface area contributed by atoms with E-state index in [-0.39, 0.29) is 5.76 Å². The zero-order valence-corrected chi connectivity index (χ0v) is 12.2. The number of nitrogens with one attached hydrogen (secondary N) is 1. The van der Waals surface area contributed by atoms with Crippen molar-refractivity contribution in [1.29, 1.82) is 0 Å². The number of carbonyl (C=O) groups is 1. The molecule has 5 nitrogen and oxygen atoms in total. The van der Waals surface area contributed by atoms with E-state index >= 15 is 0 Å². The van der Waals surface area contributed by atoms with Gasteiger partial charge in [-0.3, -0.25) is 4.79 Å². The summed E-state index contributed by atoms with van der Waals surface area (Å²) in [4.78, 5) is 12.7. The average Bonchev–Trinajstić information content (AvgIpc) is 3.20. The first-order valence-electron chi connectivity index (χ1n) is 6.51. The maximum Gasteiger partial charge on any atom is 0.307 e. The van der Waals surface area contributed by atoms with Crippen molar-refractivity contribution in [3.63, 3.8) is 0 Å². The minimum Gasteiger partial charge on any atom is -0.459 e. The van der Waals surface area contributed by atoms with Crippen molar-refractivity contribution in [1.82, 2.24) is 5.43 Å². The summed E-state index contributed by atoms with van der Waals surface area (Å²) in [5, 5.41) is 4.58. The molecule has 1 amide bonds. The van der Waals surface area contributed by atoms with Crippen LogP contribution in [0.5, 0.6) is 0 Å². The molecule has 0 spiro atoms. The van der Waals surface area contributed by atoms with Crippen LogP contribution in [0.15, 0.2) is 84.8 Å². The van der Waals surface area contributed by atoms with Crippen LogP contribution in [0.1, 0.15) is 16.3 Å². The van der Waals surface area contributed by atoms with Gasteiger partial charge in [-0.25, -0.2) is 5.43 Å². The monoisotopic (exact) mass is 312 g/mol. The van der Waals surface area contributed by atoms with Crippen LogP contribution in [0.2, 0.25) is 0 Å². The predicted molar refractivity (Wildman–Crippen MR) is 83.0 cm³/mol. The van der Waals surface area contributed by atoms with E-state index < -0.39 is 5.91 Å². The summed E-state index contributed by atoms with van der Waals surface area (Å²) >= 11 is 1.52. The first kappa shape index (κ1) is 14.2. The van der Waals surface area contributed by atoms with Gasteiger partial charge in [0.25, 0.3) is 0 Å². The fourth-order valence-electron chi connectivity index (χ4n) is 1.68. The van der Waals surface area contributed by atoms with Gasteiger partial charge in [0, 0.05) is 4.90 Å². The molecule has 1 N–H and O–H groups in total. The second kappa shape index (κ2) is 6.82. The second-order valence-corrected chi connectivity index (χ2v) is 5.33. The summed E-state index contributed by atoms with van der Waals surface area (Å²) in [5.41, 5.74) is 2.36. The quantitative estimate of drug-likeness (QED) is 0.575. The Labute approximate surface area is 131 Å². The number of hydrazone groups is 1. The fourth-order valence-corrected chi connectivity index (χ4v) is 2.48. The van der Waals surface area contributed by atoms with E-state index in [0.29, 0.717) is 5.76 Å². The molecule has 0 aliphatic carbocycles. The van der Waals surface area contributed by atoms with Crippen LogP contribution in [0, 0.1) is 0 Å². The minimum absolute atomic E-state index is 0.205. The molecule has 1 aromatic carbocycles. The Hall–Kier alpha value is -2.73. The highest BCUT2D eigenvalue weighted by Crippen LogP contribution is 2.28. The first-order valence-corrected chi connectivity index (χ1v) is 7.32. The van der Waals surface area contributed by atoms with Gasteiger partial charge in [-0.05, 0) is 36.4 Å². The topological polar surface area (TPSA) is 67.7 Å². The molecule has 22 heavy (non-hydrogen) atoms. The molecule has 0 aliphatic rings. The summed E-state index contributed by atoms with van der Waals surface area (Å²) in [5.74, 6) is 0.349. The van der Waals surface area contributed by atoms with Crippen molar-refractivity contribution in [3.05, 3.63) is 72.4 Å². The molecular weight excluding hydrogens is 300 g/mol. The SMILES string of the molecule is O=C(N/N=C/c1ccc(Sc2ccccc2)o1)c1ccco1. The van der Waals surface area contributed by atoms with E-state index in [1.54, 1.807) is 18.2 Å². The van der Waals surface area contributed by atoms with E-state index in [1.165, 1.54) is 24.2 Å². The van der Waals surface area contributed by atoms with Gasteiger partial charge in [-0.2, -0.15) is 5.10 Å². The maximum atomic E-state index is 11.6. The molecule has 0 radical (unpaired) electrons. The number of hydrogen-bond donors (Lipinski definition) is 1. The Balaban J connectivity index is 1.57. The molecule has 0 unspecified atom stereocenters. The number of hydrogen-bond acceptors (Lipinski definition) is 5. The summed E-state index contributed by atoms with van der Waals surface area (Å²) in [6.07, 6.45) is 2.87. The Morgan fingerprint density at radius 2 is 1.95 bits per heavy atom. The molecule has 2 aromatic heterocycles. The highest BCUT2D eigenvalue weighted by atomic mass is 32.2. The van der Waals surface area contributed by atoms with Crippen LogP contribution in [0.4, 0.5) is 0 Å². The number of nitrogens with zero attached hydrogens (tertiary/aromatic N) is 1. The number of carbonyl (C=O) groups excluding carboxylic acids is 1. The summed E-state index contributed by atoms with van der Waals surface area (Å²) in [7, 11) is 0. The lowest BCUT2D eigenvalue weighted by Crippen LogP contribution is -2.16. The zero-order chi connectivity index (χ0) is 15.2. The van der Waals surface area contributed by atoms with Crippen molar-refractivity contribution >= 4 is 23.9 Å². The summed E-state index contributed by atoms with van der Waals surface area (Å²) < 4.78 is 10.6. The number of rotatable bonds is 5.